The van der Waals surface area contributed by atoms with Gasteiger partial charge in [-0.25, -0.2) is 0 Å². The monoisotopic (exact) mass is 302 g/mol. The molecule has 22 heavy (non-hydrogen) atoms. The van der Waals surface area contributed by atoms with Gasteiger partial charge in [-0.3, -0.25) is 0 Å². The Morgan fingerprint density at radius 2 is 2.05 bits per heavy atom. The van der Waals surface area contributed by atoms with Crippen molar-refractivity contribution in [3.05, 3.63) is 24.8 Å². The molecule has 1 N–H and O–H groups in total. The molecule has 0 amide bonds. The Morgan fingerprint density at radius 3 is 2.73 bits per heavy atom. The molecule has 5 rings (SSSR count). The van der Waals surface area contributed by atoms with Gasteiger partial charge in [-0.2, -0.15) is 0 Å². The van der Waals surface area contributed by atoms with Gasteiger partial charge < -0.3 is 9.84 Å². The SMILES string of the molecule is C=C[C@](C)(O)[C@H]1C[C@H]2C(=C)[C@@H]3C[C@H]4C(C)(C)CCC[C@]24[C@H]1O3. The van der Waals surface area contributed by atoms with E-state index in [2.05, 4.69) is 27.0 Å². The molecule has 2 aliphatic heterocycles. The highest BCUT2D eigenvalue weighted by atomic mass is 16.5. The van der Waals surface area contributed by atoms with E-state index < -0.39 is 5.60 Å². The maximum Gasteiger partial charge on any atom is 0.0850 e. The zero-order chi connectivity index (χ0) is 15.9. The third-order valence-electron chi connectivity index (χ3n) is 7.84. The van der Waals surface area contributed by atoms with Crippen molar-refractivity contribution in [2.24, 2.45) is 28.6 Å². The summed E-state index contributed by atoms with van der Waals surface area (Å²) < 4.78 is 6.54. The Bertz CT molecular complexity index is 532. The molecule has 2 heteroatoms. The summed E-state index contributed by atoms with van der Waals surface area (Å²) in [5.74, 6) is 1.40. The van der Waals surface area contributed by atoms with E-state index in [0.717, 1.165) is 12.8 Å². The minimum Gasteiger partial charge on any atom is -0.386 e. The highest BCUT2D eigenvalue weighted by Crippen LogP contribution is 2.72. The van der Waals surface area contributed by atoms with Crippen LogP contribution in [-0.2, 0) is 4.74 Å². The Kier molecular flexibility index (Phi) is 2.90. The summed E-state index contributed by atoms with van der Waals surface area (Å²) in [5, 5.41) is 10.9. The molecular weight excluding hydrogens is 272 g/mol. The van der Waals surface area contributed by atoms with Gasteiger partial charge in [0, 0.05) is 11.3 Å². The van der Waals surface area contributed by atoms with Gasteiger partial charge >= 0.3 is 0 Å². The first-order chi connectivity index (χ1) is 10.2. The Labute approximate surface area is 134 Å². The first-order valence-corrected chi connectivity index (χ1v) is 8.94. The molecular formula is C20H30O2. The number of aliphatic hydroxyl groups is 1. The van der Waals surface area contributed by atoms with Crippen LogP contribution in [0.25, 0.3) is 0 Å². The summed E-state index contributed by atoms with van der Waals surface area (Å²) >= 11 is 0. The maximum atomic E-state index is 10.9. The summed E-state index contributed by atoms with van der Waals surface area (Å²) in [4.78, 5) is 0. The molecule has 0 aromatic carbocycles. The van der Waals surface area contributed by atoms with Crippen molar-refractivity contribution in [2.45, 2.75) is 70.7 Å². The molecule has 2 heterocycles. The van der Waals surface area contributed by atoms with E-state index in [1.54, 1.807) is 6.08 Å². The lowest BCUT2D eigenvalue weighted by Gasteiger charge is -2.65. The molecule has 3 aliphatic carbocycles. The van der Waals surface area contributed by atoms with Crippen LogP contribution in [0, 0.1) is 28.6 Å². The van der Waals surface area contributed by atoms with E-state index in [0.29, 0.717) is 17.3 Å². The van der Waals surface area contributed by atoms with Gasteiger partial charge in [0.25, 0.3) is 0 Å². The van der Waals surface area contributed by atoms with E-state index in [9.17, 15) is 5.11 Å². The van der Waals surface area contributed by atoms with Crippen LogP contribution in [0.15, 0.2) is 24.8 Å². The smallest absolute Gasteiger partial charge is 0.0850 e. The fourth-order valence-corrected chi connectivity index (χ4v) is 6.72. The van der Waals surface area contributed by atoms with Gasteiger partial charge in [-0.15, -0.1) is 6.58 Å². The van der Waals surface area contributed by atoms with Crippen molar-refractivity contribution in [3.63, 3.8) is 0 Å². The molecule has 5 aliphatic rings. The van der Waals surface area contributed by atoms with E-state index in [1.807, 2.05) is 6.92 Å². The maximum absolute atomic E-state index is 10.9. The van der Waals surface area contributed by atoms with Gasteiger partial charge in [0.2, 0.25) is 0 Å². The van der Waals surface area contributed by atoms with Gasteiger partial charge in [-0.1, -0.05) is 32.9 Å². The quantitative estimate of drug-likeness (QED) is 0.778. The molecule has 0 aromatic heterocycles. The predicted octanol–water partition coefficient (Wildman–Crippen LogP) is 4.10. The fourth-order valence-electron chi connectivity index (χ4n) is 6.72. The minimum absolute atomic E-state index is 0.161. The first kappa shape index (κ1) is 15.0. The normalized spacial score (nSPS) is 51.3. The minimum atomic E-state index is -0.842. The molecule has 4 bridgehead atoms. The van der Waals surface area contributed by atoms with Crippen LogP contribution in [0.5, 0.6) is 0 Å². The second kappa shape index (κ2) is 4.27. The van der Waals surface area contributed by atoms with Crippen LogP contribution >= 0.6 is 0 Å². The fraction of sp³-hybridized carbons (Fsp3) is 0.800. The Morgan fingerprint density at radius 1 is 1.32 bits per heavy atom. The summed E-state index contributed by atoms with van der Waals surface area (Å²) in [5.41, 5.74) is 1.07. The van der Waals surface area contributed by atoms with Crippen LogP contribution in [0.3, 0.4) is 0 Å². The molecule has 3 saturated carbocycles. The molecule has 2 saturated heterocycles. The van der Waals surface area contributed by atoms with Gasteiger partial charge in [0.15, 0.2) is 0 Å². The molecule has 122 valence electrons. The number of rotatable bonds is 2. The average Bonchev–Trinajstić information content (AvgIpc) is 2.72. The van der Waals surface area contributed by atoms with Crippen molar-refractivity contribution in [1.82, 2.24) is 0 Å². The third kappa shape index (κ3) is 1.58. The topological polar surface area (TPSA) is 29.5 Å². The van der Waals surface area contributed by atoms with Crippen LogP contribution in [-0.4, -0.2) is 22.9 Å². The zero-order valence-corrected chi connectivity index (χ0v) is 14.3. The van der Waals surface area contributed by atoms with E-state index >= 15 is 0 Å². The number of hydrogen-bond acceptors (Lipinski definition) is 2. The van der Waals surface area contributed by atoms with Crippen LogP contribution < -0.4 is 0 Å². The first-order valence-electron chi connectivity index (χ1n) is 8.94. The van der Waals surface area contributed by atoms with Crippen LogP contribution in [0.2, 0.25) is 0 Å². The second-order valence-corrected chi connectivity index (χ2v) is 9.19. The summed E-state index contributed by atoms with van der Waals surface area (Å²) in [6, 6.07) is 0. The largest absolute Gasteiger partial charge is 0.386 e. The Hall–Kier alpha value is -0.600. The molecule has 0 radical (unpaired) electrons. The van der Waals surface area contributed by atoms with Crippen LogP contribution in [0.4, 0.5) is 0 Å². The molecule has 0 aromatic rings. The lowest BCUT2D eigenvalue weighted by Crippen LogP contribution is -2.63. The summed E-state index contributed by atoms with van der Waals surface area (Å²) in [6.45, 7) is 15.1. The summed E-state index contributed by atoms with van der Waals surface area (Å²) in [7, 11) is 0. The van der Waals surface area contributed by atoms with E-state index in [4.69, 9.17) is 4.74 Å². The summed E-state index contributed by atoms with van der Waals surface area (Å²) in [6.07, 6.45) is 8.11. The Balaban J connectivity index is 1.83. The average molecular weight is 302 g/mol. The molecule has 0 unspecified atom stereocenters. The van der Waals surface area contributed by atoms with Crippen LogP contribution in [0.1, 0.15) is 52.9 Å². The standard InChI is InChI=1S/C20H30O2/c1-6-19(5,21)14-10-13-12(2)15-11-16-18(3,4)8-7-9-20(13,16)17(14)22-15/h6,13-17,21H,1-2,7-11H2,3-5H3/t13-,14-,15-,16-,17-,19-,20-/m0/s1. The highest BCUT2D eigenvalue weighted by molar-refractivity contribution is 5.31. The van der Waals surface area contributed by atoms with Crippen molar-refractivity contribution in [1.29, 1.82) is 0 Å². The number of hydrogen-bond donors (Lipinski definition) is 1. The molecule has 1 spiro atoms. The molecule has 5 fully saturated rings. The lowest BCUT2D eigenvalue weighted by atomic mass is 9.45. The number of ether oxygens (including phenoxy) is 1. The lowest BCUT2D eigenvalue weighted by molar-refractivity contribution is -0.235. The van der Waals surface area contributed by atoms with Crippen molar-refractivity contribution >= 4 is 0 Å². The molecule has 2 nitrogen and oxygen atoms in total. The highest BCUT2D eigenvalue weighted by Gasteiger charge is 2.71. The van der Waals surface area contributed by atoms with Crippen molar-refractivity contribution in [3.8, 4) is 0 Å². The van der Waals surface area contributed by atoms with Gasteiger partial charge in [0.05, 0.1) is 17.8 Å². The second-order valence-electron chi connectivity index (χ2n) is 9.19. The van der Waals surface area contributed by atoms with Gasteiger partial charge in [-0.05, 0) is 55.4 Å². The van der Waals surface area contributed by atoms with E-state index in [1.165, 1.54) is 24.8 Å². The van der Waals surface area contributed by atoms with Crippen molar-refractivity contribution in [2.75, 3.05) is 0 Å². The third-order valence-corrected chi connectivity index (χ3v) is 7.84. The zero-order valence-electron chi connectivity index (χ0n) is 14.3. The predicted molar refractivity (Wildman–Crippen MR) is 88.4 cm³/mol. The van der Waals surface area contributed by atoms with Crippen molar-refractivity contribution < 1.29 is 9.84 Å². The molecule has 7 atom stereocenters. The van der Waals surface area contributed by atoms with E-state index in [-0.39, 0.29) is 23.5 Å². The van der Waals surface area contributed by atoms with Gasteiger partial charge in [0.1, 0.15) is 0 Å².